The molecule has 23 heavy (non-hydrogen) atoms. The summed E-state index contributed by atoms with van der Waals surface area (Å²) < 4.78 is 5.04. The van der Waals surface area contributed by atoms with E-state index in [0.29, 0.717) is 11.3 Å². The Balaban J connectivity index is 1.52. The summed E-state index contributed by atoms with van der Waals surface area (Å²) in [5.74, 6) is -0.796. The van der Waals surface area contributed by atoms with Crippen molar-refractivity contribution in [3.8, 4) is 5.75 Å². The zero-order valence-corrected chi connectivity index (χ0v) is 12.6. The Bertz CT molecular complexity index is 695. The fourth-order valence-corrected chi connectivity index (χ4v) is 3.92. The summed E-state index contributed by atoms with van der Waals surface area (Å²) in [5.41, 5.74) is 2.82. The molecule has 6 nitrogen and oxygen atoms in total. The van der Waals surface area contributed by atoms with Crippen LogP contribution in [-0.2, 0) is 9.59 Å². The topological polar surface area (TPSA) is 75.7 Å². The number of carbonyl (C=O) groups excluding carboxylic acids is 3. The molecule has 4 rings (SSSR count). The van der Waals surface area contributed by atoms with Crippen LogP contribution in [0.25, 0.3) is 0 Å². The minimum atomic E-state index is -0.477. The summed E-state index contributed by atoms with van der Waals surface area (Å²) in [6, 6.07) is 6.49. The standard InChI is InChI=1S/C17H16N2O4/c1-23-12-6-4-9(5-7-12)15(20)18-19-16(21)13-10-2-3-11(8-10)14(13)17(19)22/h2-7,10-11,13-14H,8H2,1H3,(H,18,20)/t10-,11+,13+,14-. The molecule has 2 bridgehead atoms. The van der Waals surface area contributed by atoms with Crippen LogP contribution < -0.4 is 10.2 Å². The Labute approximate surface area is 133 Å². The number of nitrogens with zero attached hydrogens (tertiary/aromatic N) is 1. The van der Waals surface area contributed by atoms with Crippen LogP contribution in [-0.4, -0.2) is 29.8 Å². The summed E-state index contributed by atoms with van der Waals surface area (Å²) >= 11 is 0. The Morgan fingerprint density at radius 3 is 2.17 bits per heavy atom. The van der Waals surface area contributed by atoms with Gasteiger partial charge in [0.05, 0.1) is 18.9 Å². The molecular formula is C17H16N2O4. The van der Waals surface area contributed by atoms with Crippen LogP contribution >= 0.6 is 0 Å². The molecule has 1 aliphatic heterocycles. The van der Waals surface area contributed by atoms with Gasteiger partial charge in [-0.15, -0.1) is 0 Å². The third-order valence-electron chi connectivity index (χ3n) is 5.04. The Kier molecular flexibility index (Phi) is 3.01. The van der Waals surface area contributed by atoms with Crippen LogP contribution in [0.3, 0.4) is 0 Å². The average Bonchev–Trinajstić information content (AvgIpc) is 3.24. The predicted octanol–water partition coefficient (Wildman–Crippen LogP) is 1.15. The van der Waals surface area contributed by atoms with Gasteiger partial charge in [0.1, 0.15) is 5.75 Å². The number of methoxy groups -OCH3 is 1. The molecule has 4 atom stereocenters. The van der Waals surface area contributed by atoms with Gasteiger partial charge in [0.2, 0.25) is 0 Å². The number of rotatable bonds is 3. The quantitative estimate of drug-likeness (QED) is 0.671. The number of hydrazine groups is 1. The highest BCUT2D eigenvalue weighted by Gasteiger charge is 2.59. The smallest absolute Gasteiger partial charge is 0.270 e. The molecule has 0 aromatic heterocycles. The van der Waals surface area contributed by atoms with Crippen LogP contribution in [0.2, 0.25) is 0 Å². The molecule has 0 unspecified atom stereocenters. The second-order valence-corrected chi connectivity index (χ2v) is 6.18. The highest BCUT2D eigenvalue weighted by Crippen LogP contribution is 2.52. The molecule has 1 saturated heterocycles. The second kappa shape index (κ2) is 4.94. The molecule has 0 spiro atoms. The van der Waals surface area contributed by atoms with Crippen molar-refractivity contribution in [2.75, 3.05) is 7.11 Å². The maximum Gasteiger partial charge on any atom is 0.270 e. The molecule has 3 amide bonds. The molecule has 1 aromatic carbocycles. The number of imide groups is 1. The first kappa shape index (κ1) is 14.0. The molecule has 118 valence electrons. The lowest BCUT2D eigenvalue weighted by Crippen LogP contribution is -2.47. The van der Waals surface area contributed by atoms with Gasteiger partial charge in [0.25, 0.3) is 17.7 Å². The molecular weight excluding hydrogens is 296 g/mol. The van der Waals surface area contributed by atoms with Gasteiger partial charge in [-0.1, -0.05) is 12.2 Å². The van der Waals surface area contributed by atoms with Crippen molar-refractivity contribution in [2.45, 2.75) is 6.42 Å². The van der Waals surface area contributed by atoms with E-state index in [1.54, 1.807) is 24.3 Å². The molecule has 2 fully saturated rings. The molecule has 2 aliphatic carbocycles. The fraction of sp³-hybridized carbons (Fsp3) is 0.353. The Morgan fingerprint density at radius 1 is 1.09 bits per heavy atom. The fourth-order valence-electron chi connectivity index (χ4n) is 3.92. The molecule has 1 saturated carbocycles. The van der Waals surface area contributed by atoms with Crippen molar-refractivity contribution in [2.24, 2.45) is 23.7 Å². The number of nitrogens with one attached hydrogen (secondary N) is 1. The third-order valence-corrected chi connectivity index (χ3v) is 5.04. The first-order valence-electron chi connectivity index (χ1n) is 7.61. The number of allylic oxidation sites excluding steroid dienone is 2. The van der Waals surface area contributed by atoms with Crippen molar-refractivity contribution in [1.82, 2.24) is 10.4 Å². The van der Waals surface area contributed by atoms with Crippen LogP contribution in [0.5, 0.6) is 5.75 Å². The van der Waals surface area contributed by atoms with E-state index < -0.39 is 5.91 Å². The van der Waals surface area contributed by atoms with Crippen molar-refractivity contribution >= 4 is 17.7 Å². The summed E-state index contributed by atoms with van der Waals surface area (Å²) in [6.45, 7) is 0. The first-order chi connectivity index (χ1) is 11.1. The number of benzene rings is 1. The summed E-state index contributed by atoms with van der Waals surface area (Å²) in [4.78, 5) is 37.3. The summed E-state index contributed by atoms with van der Waals surface area (Å²) in [5, 5.41) is 0.911. The van der Waals surface area contributed by atoms with Crippen LogP contribution in [0, 0.1) is 23.7 Å². The molecule has 1 heterocycles. The van der Waals surface area contributed by atoms with E-state index in [4.69, 9.17) is 4.74 Å². The first-order valence-corrected chi connectivity index (χ1v) is 7.61. The molecule has 1 N–H and O–H groups in total. The highest BCUT2D eigenvalue weighted by molar-refractivity contribution is 6.08. The van der Waals surface area contributed by atoms with Crippen molar-refractivity contribution < 1.29 is 19.1 Å². The Hall–Kier alpha value is -2.63. The lowest BCUT2D eigenvalue weighted by molar-refractivity contribution is -0.143. The lowest BCUT2D eigenvalue weighted by atomic mass is 9.85. The van der Waals surface area contributed by atoms with Crippen LogP contribution in [0.1, 0.15) is 16.8 Å². The number of amides is 3. The molecule has 3 aliphatic rings. The van der Waals surface area contributed by atoms with E-state index >= 15 is 0 Å². The maximum atomic E-state index is 12.5. The van der Waals surface area contributed by atoms with E-state index in [9.17, 15) is 14.4 Å². The van der Waals surface area contributed by atoms with Gasteiger partial charge in [-0.25, -0.2) is 0 Å². The predicted molar refractivity (Wildman–Crippen MR) is 80.0 cm³/mol. The van der Waals surface area contributed by atoms with E-state index in [2.05, 4.69) is 5.43 Å². The van der Waals surface area contributed by atoms with Gasteiger partial charge in [-0.3, -0.25) is 19.8 Å². The average molecular weight is 312 g/mol. The minimum absolute atomic E-state index is 0.129. The molecule has 6 heteroatoms. The summed E-state index contributed by atoms with van der Waals surface area (Å²) in [7, 11) is 1.54. The molecule has 0 radical (unpaired) electrons. The van der Waals surface area contributed by atoms with Gasteiger partial charge < -0.3 is 4.74 Å². The third kappa shape index (κ3) is 1.98. The second-order valence-electron chi connectivity index (χ2n) is 6.18. The van der Waals surface area contributed by atoms with Gasteiger partial charge in [-0.2, -0.15) is 5.01 Å². The van der Waals surface area contributed by atoms with E-state index in [1.165, 1.54) is 7.11 Å². The van der Waals surface area contributed by atoms with E-state index in [-0.39, 0.29) is 35.5 Å². The number of carbonyl (C=O) groups is 3. The zero-order chi connectivity index (χ0) is 16.1. The zero-order valence-electron chi connectivity index (χ0n) is 12.6. The van der Waals surface area contributed by atoms with Crippen molar-refractivity contribution in [3.63, 3.8) is 0 Å². The number of ether oxygens (including phenoxy) is 1. The SMILES string of the molecule is COc1ccc(C(=O)NN2C(=O)[C@@H]3[C@H](C2=O)[C@H]2C=C[C@@H]3C2)cc1. The monoisotopic (exact) mass is 312 g/mol. The highest BCUT2D eigenvalue weighted by atomic mass is 16.5. The van der Waals surface area contributed by atoms with Crippen LogP contribution in [0.15, 0.2) is 36.4 Å². The van der Waals surface area contributed by atoms with Gasteiger partial charge in [-0.05, 0) is 42.5 Å². The Morgan fingerprint density at radius 2 is 1.65 bits per heavy atom. The largest absolute Gasteiger partial charge is 0.497 e. The lowest BCUT2D eigenvalue weighted by Gasteiger charge is -2.18. The van der Waals surface area contributed by atoms with Gasteiger partial charge in [0, 0.05) is 5.56 Å². The number of hydrogen-bond acceptors (Lipinski definition) is 4. The van der Waals surface area contributed by atoms with E-state index in [1.807, 2.05) is 12.2 Å². The van der Waals surface area contributed by atoms with Gasteiger partial charge >= 0.3 is 0 Å². The van der Waals surface area contributed by atoms with E-state index in [0.717, 1.165) is 11.4 Å². The van der Waals surface area contributed by atoms with Crippen molar-refractivity contribution in [1.29, 1.82) is 0 Å². The number of fused-ring (bicyclic) bond motifs is 5. The molecule has 1 aromatic rings. The number of hydrogen-bond donors (Lipinski definition) is 1. The maximum absolute atomic E-state index is 12.5. The normalized spacial score (nSPS) is 30.7. The van der Waals surface area contributed by atoms with Crippen molar-refractivity contribution in [3.05, 3.63) is 42.0 Å². The minimum Gasteiger partial charge on any atom is -0.497 e. The van der Waals surface area contributed by atoms with Crippen LogP contribution in [0.4, 0.5) is 0 Å². The van der Waals surface area contributed by atoms with Gasteiger partial charge in [0.15, 0.2) is 0 Å². The summed E-state index contributed by atoms with van der Waals surface area (Å²) in [6.07, 6.45) is 4.91.